The lowest BCUT2D eigenvalue weighted by Gasteiger charge is -2.22. The van der Waals surface area contributed by atoms with E-state index in [9.17, 15) is 35.1 Å². The third-order valence-electron chi connectivity index (χ3n) is 3.68. The summed E-state index contributed by atoms with van der Waals surface area (Å²) in [7, 11) is 0. The summed E-state index contributed by atoms with van der Waals surface area (Å²) >= 11 is 0. The SMILES string of the molecule is C/C(F)=C/COc1ccc(CC/C=C/CCCF)c(C(F)(F)F)c1C(F)(F)F. The first-order valence-electron chi connectivity index (χ1n) is 8.44. The van der Waals surface area contributed by atoms with Crippen molar-refractivity contribution >= 4 is 0 Å². The van der Waals surface area contributed by atoms with E-state index in [1.165, 1.54) is 6.08 Å². The van der Waals surface area contributed by atoms with Gasteiger partial charge < -0.3 is 4.74 Å². The van der Waals surface area contributed by atoms with Gasteiger partial charge in [0.1, 0.15) is 17.9 Å². The lowest BCUT2D eigenvalue weighted by Crippen LogP contribution is -2.20. The van der Waals surface area contributed by atoms with Crippen molar-refractivity contribution < 1.29 is 39.9 Å². The molecule has 0 aliphatic carbocycles. The molecule has 0 saturated carbocycles. The fourth-order valence-electron chi connectivity index (χ4n) is 2.48. The molecule has 1 aromatic rings. The van der Waals surface area contributed by atoms with Gasteiger partial charge in [-0.15, -0.1) is 0 Å². The van der Waals surface area contributed by atoms with Crippen molar-refractivity contribution in [3.63, 3.8) is 0 Å². The molecule has 0 heterocycles. The smallest absolute Gasteiger partial charge is 0.420 e. The molecule has 28 heavy (non-hydrogen) atoms. The van der Waals surface area contributed by atoms with Crippen LogP contribution in [-0.2, 0) is 18.8 Å². The summed E-state index contributed by atoms with van der Waals surface area (Å²) in [5, 5.41) is 0. The third kappa shape index (κ3) is 7.52. The van der Waals surface area contributed by atoms with E-state index in [0.29, 0.717) is 6.42 Å². The predicted octanol–water partition coefficient (Wildman–Crippen LogP) is 7.21. The Morgan fingerprint density at radius 2 is 1.57 bits per heavy atom. The standard InChI is InChI=1S/C19H20F8O/c1-13(21)10-12-28-15-9-8-14(7-5-3-2-4-6-11-20)16(18(22,23)24)17(15)19(25,26)27/h2-3,8-10H,4-7,11-12H2,1H3/b3-2+,13-10-. The fourth-order valence-corrected chi connectivity index (χ4v) is 2.48. The van der Waals surface area contributed by atoms with Gasteiger partial charge in [0, 0.05) is 0 Å². The molecule has 0 atom stereocenters. The fraction of sp³-hybridized carbons (Fsp3) is 0.474. The average Bonchev–Trinajstić information content (AvgIpc) is 2.56. The van der Waals surface area contributed by atoms with Crippen LogP contribution < -0.4 is 4.74 Å². The molecule has 0 aliphatic rings. The van der Waals surface area contributed by atoms with Crippen LogP contribution in [0.3, 0.4) is 0 Å². The molecule has 0 bridgehead atoms. The molecule has 0 N–H and O–H groups in total. The van der Waals surface area contributed by atoms with Crippen molar-refractivity contribution in [2.75, 3.05) is 13.3 Å². The molecular weight excluding hydrogens is 396 g/mol. The number of ether oxygens (including phenoxy) is 1. The number of aryl methyl sites for hydroxylation is 1. The maximum absolute atomic E-state index is 13.5. The highest BCUT2D eigenvalue weighted by Crippen LogP contribution is 2.46. The molecule has 0 unspecified atom stereocenters. The predicted molar refractivity (Wildman–Crippen MR) is 89.5 cm³/mol. The Morgan fingerprint density at radius 1 is 0.964 bits per heavy atom. The number of allylic oxidation sites excluding steroid dienone is 3. The van der Waals surface area contributed by atoms with Crippen LogP contribution in [0.4, 0.5) is 35.1 Å². The first-order chi connectivity index (χ1) is 13.0. The summed E-state index contributed by atoms with van der Waals surface area (Å²) in [6, 6.07) is 1.73. The minimum Gasteiger partial charge on any atom is -0.489 e. The zero-order valence-corrected chi connectivity index (χ0v) is 15.1. The number of hydrogen-bond acceptors (Lipinski definition) is 1. The Balaban J connectivity index is 3.27. The maximum atomic E-state index is 13.5. The van der Waals surface area contributed by atoms with Gasteiger partial charge in [0.05, 0.1) is 18.1 Å². The molecule has 0 aromatic heterocycles. The van der Waals surface area contributed by atoms with Crippen molar-refractivity contribution in [2.24, 2.45) is 0 Å². The monoisotopic (exact) mass is 416 g/mol. The van der Waals surface area contributed by atoms with Gasteiger partial charge >= 0.3 is 12.4 Å². The van der Waals surface area contributed by atoms with E-state index in [1.54, 1.807) is 6.08 Å². The molecule has 0 spiro atoms. The van der Waals surface area contributed by atoms with Crippen molar-refractivity contribution in [3.05, 3.63) is 52.9 Å². The highest BCUT2D eigenvalue weighted by molar-refractivity contribution is 5.49. The third-order valence-corrected chi connectivity index (χ3v) is 3.68. The zero-order valence-electron chi connectivity index (χ0n) is 15.1. The van der Waals surface area contributed by atoms with E-state index < -0.39 is 53.9 Å². The average molecular weight is 416 g/mol. The Hall–Kier alpha value is -2.06. The van der Waals surface area contributed by atoms with Crippen molar-refractivity contribution in [1.82, 2.24) is 0 Å². The van der Waals surface area contributed by atoms with E-state index >= 15 is 0 Å². The van der Waals surface area contributed by atoms with Crippen LogP contribution in [0.5, 0.6) is 5.75 Å². The second-order valence-corrected chi connectivity index (χ2v) is 5.91. The van der Waals surface area contributed by atoms with Crippen molar-refractivity contribution in [1.29, 1.82) is 0 Å². The summed E-state index contributed by atoms with van der Waals surface area (Å²) in [6.45, 7) is -0.144. The number of unbranched alkanes of at least 4 members (excludes halogenated alkanes) is 1. The first-order valence-corrected chi connectivity index (χ1v) is 8.44. The van der Waals surface area contributed by atoms with Crippen LogP contribution in [0.25, 0.3) is 0 Å². The van der Waals surface area contributed by atoms with E-state index in [2.05, 4.69) is 0 Å². The van der Waals surface area contributed by atoms with Gasteiger partial charge in [0.25, 0.3) is 0 Å². The zero-order chi connectivity index (χ0) is 21.4. The number of benzene rings is 1. The van der Waals surface area contributed by atoms with E-state index in [-0.39, 0.29) is 19.3 Å². The van der Waals surface area contributed by atoms with Gasteiger partial charge in [-0.3, -0.25) is 4.39 Å². The molecule has 9 heteroatoms. The van der Waals surface area contributed by atoms with Crippen molar-refractivity contribution in [3.8, 4) is 5.75 Å². The second-order valence-electron chi connectivity index (χ2n) is 5.91. The van der Waals surface area contributed by atoms with Gasteiger partial charge in [-0.1, -0.05) is 18.2 Å². The minimum absolute atomic E-state index is 0.0661. The Labute approximate surface area is 157 Å². The van der Waals surface area contributed by atoms with E-state index in [4.69, 9.17) is 4.74 Å². The van der Waals surface area contributed by atoms with Gasteiger partial charge in [-0.25, -0.2) is 4.39 Å². The van der Waals surface area contributed by atoms with Crippen LogP contribution in [0, 0.1) is 0 Å². The first kappa shape index (κ1) is 24.0. The molecule has 1 nitrogen and oxygen atoms in total. The highest BCUT2D eigenvalue weighted by Gasteiger charge is 2.47. The van der Waals surface area contributed by atoms with E-state index in [1.807, 2.05) is 0 Å². The van der Waals surface area contributed by atoms with Crippen LogP contribution in [0.2, 0.25) is 0 Å². The highest BCUT2D eigenvalue weighted by atomic mass is 19.4. The lowest BCUT2D eigenvalue weighted by atomic mass is 9.95. The molecule has 0 amide bonds. The van der Waals surface area contributed by atoms with Gasteiger partial charge in [0.2, 0.25) is 0 Å². The maximum Gasteiger partial charge on any atom is 0.420 e. The molecule has 0 fully saturated rings. The van der Waals surface area contributed by atoms with Gasteiger partial charge in [-0.2, -0.15) is 26.3 Å². The Kier molecular flexibility index (Phi) is 8.97. The normalized spacial score (nSPS) is 13.4. The number of halogens is 8. The molecule has 158 valence electrons. The molecule has 1 aromatic carbocycles. The van der Waals surface area contributed by atoms with Crippen LogP contribution >= 0.6 is 0 Å². The van der Waals surface area contributed by atoms with Crippen LogP contribution in [-0.4, -0.2) is 13.3 Å². The number of alkyl halides is 7. The number of rotatable bonds is 9. The molecular formula is C19H20F8O. The van der Waals surface area contributed by atoms with Crippen molar-refractivity contribution in [2.45, 2.75) is 45.0 Å². The van der Waals surface area contributed by atoms with Crippen LogP contribution in [0.15, 0.2) is 36.2 Å². The summed E-state index contributed by atoms with van der Waals surface area (Å²) in [5.74, 6) is -1.75. The topological polar surface area (TPSA) is 9.23 Å². The summed E-state index contributed by atoms with van der Waals surface area (Å²) < 4.78 is 110. The summed E-state index contributed by atoms with van der Waals surface area (Å²) in [6.07, 6.45) is -6.26. The van der Waals surface area contributed by atoms with Gasteiger partial charge in [0.15, 0.2) is 0 Å². The minimum atomic E-state index is -5.32. The second kappa shape index (κ2) is 10.5. The molecule has 0 radical (unpaired) electrons. The molecule has 0 saturated heterocycles. The molecule has 0 aliphatic heterocycles. The van der Waals surface area contributed by atoms with E-state index in [0.717, 1.165) is 25.1 Å². The number of hydrogen-bond donors (Lipinski definition) is 0. The molecule has 1 rings (SSSR count). The summed E-state index contributed by atoms with van der Waals surface area (Å²) in [4.78, 5) is 0. The van der Waals surface area contributed by atoms with Crippen LogP contribution in [0.1, 0.15) is 42.9 Å². The largest absolute Gasteiger partial charge is 0.489 e. The Morgan fingerprint density at radius 3 is 2.11 bits per heavy atom. The lowest BCUT2D eigenvalue weighted by molar-refractivity contribution is -0.163. The summed E-state index contributed by atoms with van der Waals surface area (Å²) in [5.41, 5.74) is -4.26. The van der Waals surface area contributed by atoms with Gasteiger partial charge in [-0.05, 0) is 50.3 Å². The quantitative estimate of drug-likeness (QED) is 0.235. The Bertz CT molecular complexity index is 682.